The molecule has 1 fully saturated rings. The molecule has 2 N–H and O–H groups in total. The van der Waals surface area contributed by atoms with Crippen molar-refractivity contribution >= 4 is 0 Å². The van der Waals surface area contributed by atoms with Gasteiger partial charge in [0.25, 0.3) is 0 Å². The molecule has 0 heterocycles. The Bertz CT molecular complexity index is 306. The molecular weight excluding hydrogens is 194 g/mol. The number of nitrogens with two attached hydrogens (primary N) is 1. The van der Waals surface area contributed by atoms with E-state index in [1.54, 1.807) is 0 Å². The number of hydrogen-bond acceptors (Lipinski definition) is 1. The highest BCUT2D eigenvalue weighted by Crippen LogP contribution is 2.35. The van der Waals surface area contributed by atoms with Crippen LogP contribution in [0.2, 0.25) is 0 Å². The van der Waals surface area contributed by atoms with Crippen LogP contribution in [0.4, 0.5) is 0 Å². The van der Waals surface area contributed by atoms with Gasteiger partial charge in [0.2, 0.25) is 0 Å². The van der Waals surface area contributed by atoms with Gasteiger partial charge in [0, 0.05) is 0 Å². The van der Waals surface area contributed by atoms with Gasteiger partial charge in [0.1, 0.15) is 0 Å². The first-order valence-electron chi connectivity index (χ1n) is 6.53. The van der Waals surface area contributed by atoms with Crippen LogP contribution in [0.1, 0.15) is 31.7 Å². The van der Waals surface area contributed by atoms with Crippen LogP contribution in [0, 0.1) is 17.8 Å². The maximum absolute atomic E-state index is 5.89. The van der Waals surface area contributed by atoms with Crippen LogP contribution in [0.25, 0.3) is 0 Å². The van der Waals surface area contributed by atoms with Crippen molar-refractivity contribution in [3.63, 3.8) is 0 Å². The lowest BCUT2D eigenvalue weighted by atomic mass is 9.72. The molecule has 88 valence electrons. The summed E-state index contributed by atoms with van der Waals surface area (Å²) >= 11 is 0. The third-order valence-electron chi connectivity index (χ3n) is 4.05. The van der Waals surface area contributed by atoms with Gasteiger partial charge >= 0.3 is 0 Å². The van der Waals surface area contributed by atoms with Crippen molar-refractivity contribution in [2.75, 3.05) is 6.54 Å². The summed E-state index contributed by atoms with van der Waals surface area (Å²) in [6.45, 7) is 3.24. The first-order chi connectivity index (χ1) is 7.79. The Hall–Kier alpha value is -0.820. The Morgan fingerprint density at radius 1 is 1.12 bits per heavy atom. The number of benzene rings is 1. The Morgan fingerprint density at radius 3 is 2.56 bits per heavy atom. The average Bonchev–Trinajstić information content (AvgIpc) is 2.31. The van der Waals surface area contributed by atoms with Crippen LogP contribution in [-0.4, -0.2) is 6.54 Å². The van der Waals surface area contributed by atoms with Crippen LogP contribution < -0.4 is 5.73 Å². The van der Waals surface area contributed by atoms with Gasteiger partial charge in [0.05, 0.1) is 0 Å². The molecular formula is C15H23N. The van der Waals surface area contributed by atoms with E-state index in [1.807, 2.05) is 0 Å². The molecule has 0 radical (unpaired) electrons. The summed E-state index contributed by atoms with van der Waals surface area (Å²) < 4.78 is 0. The van der Waals surface area contributed by atoms with E-state index < -0.39 is 0 Å². The molecule has 0 saturated heterocycles. The predicted molar refractivity (Wildman–Crippen MR) is 69.2 cm³/mol. The maximum Gasteiger partial charge on any atom is -0.00461 e. The Morgan fingerprint density at radius 2 is 1.88 bits per heavy atom. The van der Waals surface area contributed by atoms with Gasteiger partial charge in [-0.25, -0.2) is 0 Å². The van der Waals surface area contributed by atoms with E-state index in [2.05, 4.69) is 37.3 Å². The first kappa shape index (κ1) is 11.7. The molecule has 16 heavy (non-hydrogen) atoms. The van der Waals surface area contributed by atoms with Gasteiger partial charge < -0.3 is 5.73 Å². The quantitative estimate of drug-likeness (QED) is 0.826. The van der Waals surface area contributed by atoms with E-state index in [9.17, 15) is 0 Å². The van der Waals surface area contributed by atoms with E-state index in [4.69, 9.17) is 5.73 Å². The lowest BCUT2D eigenvalue weighted by Gasteiger charge is -2.34. The summed E-state index contributed by atoms with van der Waals surface area (Å²) in [5, 5.41) is 0. The molecule has 1 aromatic carbocycles. The normalized spacial score (nSPS) is 30.2. The summed E-state index contributed by atoms with van der Waals surface area (Å²) in [6, 6.07) is 10.9. The van der Waals surface area contributed by atoms with Crippen molar-refractivity contribution in [3.8, 4) is 0 Å². The summed E-state index contributed by atoms with van der Waals surface area (Å²) in [7, 11) is 0. The minimum absolute atomic E-state index is 0.747. The third-order valence-corrected chi connectivity index (χ3v) is 4.05. The minimum atomic E-state index is 0.747. The van der Waals surface area contributed by atoms with E-state index in [1.165, 1.54) is 31.2 Å². The molecule has 1 nitrogen and oxygen atoms in total. The van der Waals surface area contributed by atoms with Gasteiger partial charge in [-0.15, -0.1) is 0 Å². The molecule has 1 aliphatic carbocycles. The van der Waals surface area contributed by atoms with Crippen molar-refractivity contribution in [1.82, 2.24) is 0 Å². The molecule has 0 spiro atoms. The lowest BCUT2D eigenvalue weighted by Crippen LogP contribution is -2.30. The second-order valence-electron chi connectivity index (χ2n) is 5.36. The zero-order valence-corrected chi connectivity index (χ0v) is 10.2. The van der Waals surface area contributed by atoms with E-state index in [0.29, 0.717) is 0 Å². The molecule has 3 unspecified atom stereocenters. The fraction of sp³-hybridized carbons (Fsp3) is 0.600. The molecule has 0 aromatic heterocycles. The smallest absolute Gasteiger partial charge is 0.00461 e. The molecule has 2 rings (SSSR count). The average molecular weight is 217 g/mol. The van der Waals surface area contributed by atoms with Crippen LogP contribution in [0.15, 0.2) is 30.3 Å². The largest absolute Gasteiger partial charge is 0.330 e. The number of rotatable bonds is 3. The van der Waals surface area contributed by atoms with Gasteiger partial charge in [-0.3, -0.25) is 0 Å². The highest BCUT2D eigenvalue weighted by atomic mass is 14.6. The summed E-state index contributed by atoms with van der Waals surface area (Å²) in [5.74, 6) is 2.43. The van der Waals surface area contributed by atoms with Crippen LogP contribution >= 0.6 is 0 Å². The molecule has 0 aliphatic heterocycles. The zero-order chi connectivity index (χ0) is 11.4. The fourth-order valence-electron chi connectivity index (χ4n) is 3.04. The van der Waals surface area contributed by atoms with Crippen molar-refractivity contribution < 1.29 is 0 Å². The second kappa shape index (κ2) is 5.49. The zero-order valence-electron chi connectivity index (χ0n) is 10.2. The monoisotopic (exact) mass is 217 g/mol. The predicted octanol–water partition coefficient (Wildman–Crippen LogP) is 3.24. The molecule has 3 atom stereocenters. The Kier molecular flexibility index (Phi) is 4.00. The van der Waals surface area contributed by atoms with Crippen molar-refractivity contribution in [2.24, 2.45) is 23.5 Å². The summed E-state index contributed by atoms with van der Waals surface area (Å²) in [5.41, 5.74) is 7.37. The van der Waals surface area contributed by atoms with Crippen LogP contribution in [-0.2, 0) is 6.42 Å². The van der Waals surface area contributed by atoms with Gasteiger partial charge in [-0.1, -0.05) is 43.7 Å². The lowest BCUT2D eigenvalue weighted by molar-refractivity contribution is 0.193. The van der Waals surface area contributed by atoms with Crippen molar-refractivity contribution in [3.05, 3.63) is 35.9 Å². The molecule has 1 aromatic rings. The molecule has 0 amide bonds. The van der Waals surface area contributed by atoms with Gasteiger partial charge in [-0.2, -0.15) is 0 Å². The summed E-state index contributed by atoms with van der Waals surface area (Å²) in [4.78, 5) is 0. The molecule has 1 heteroatoms. The standard InChI is InChI=1S/C15H23N/c1-12-7-8-14(11-16)15(9-12)10-13-5-3-2-4-6-13/h2-6,12,14-15H,7-11,16H2,1H3. The second-order valence-corrected chi connectivity index (χ2v) is 5.36. The maximum atomic E-state index is 5.89. The molecule has 1 saturated carbocycles. The van der Waals surface area contributed by atoms with Crippen LogP contribution in [0.5, 0.6) is 0 Å². The van der Waals surface area contributed by atoms with Crippen LogP contribution in [0.3, 0.4) is 0 Å². The van der Waals surface area contributed by atoms with Crippen molar-refractivity contribution in [2.45, 2.75) is 32.6 Å². The minimum Gasteiger partial charge on any atom is -0.330 e. The van der Waals surface area contributed by atoms with Crippen molar-refractivity contribution in [1.29, 1.82) is 0 Å². The Balaban J connectivity index is 2.01. The van der Waals surface area contributed by atoms with E-state index >= 15 is 0 Å². The third kappa shape index (κ3) is 2.85. The SMILES string of the molecule is CC1CCC(CN)C(Cc2ccccc2)C1. The topological polar surface area (TPSA) is 26.0 Å². The Labute approximate surface area is 99.0 Å². The van der Waals surface area contributed by atoms with Gasteiger partial charge in [-0.05, 0) is 49.1 Å². The highest BCUT2D eigenvalue weighted by molar-refractivity contribution is 5.15. The summed E-state index contributed by atoms with van der Waals surface area (Å²) in [6.07, 6.45) is 5.27. The fourth-order valence-corrected chi connectivity index (χ4v) is 3.04. The highest BCUT2D eigenvalue weighted by Gasteiger charge is 2.27. The number of hydrogen-bond donors (Lipinski definition) is 1. The van der Waals surface area contributed by atoms with E-state index in [-0.39, 0.29) is 0 Å². The molecule has 1 aliphatic rings. The first-order valence-corrected chi connectivity index (χ1v) is 6.53. The van der Waals surface area contributed by atoms with E-state index in [0.717, 1.165) is 24.3 Å². The molecule has 0 bridgehead atoms. The van der Waals surface area contributed by atoms with Gasteiger partial charge in [0.15, 0.2) is 0 Å².